The number of rotatable bonds is 26. The molecular formula is C28H60S2. The van der Waals surface area contributed by atoms with Gasteiger partial charge in [-0.15, -0.1) is 11.7 Å². The Morgan fingerprint density at radius 3 is 0.767 bits per heavy atom. The lowest BCUT2D eigenvalue weighted by Crippen LogP contribution is -1.91. The highest BCUT2D eigenvalue weighted by Crippen LogP contribution is 2.33. The van der Waals surface area contributed by atoms with Gasteiger partial charge in [0.15, 0.2) is 0 Å². The summed E-state index contributed by atoms with van der Waals surface area (Å²) in [7, 11) is 0.0388. The minimum Gasteiger partial charge on any atom is -0.208 e. The van der Waals surface area contributed by atoms with Crippen molar-refractivity contribution in [3.8, 4) is 0 Å². The lowest BCUT2D eigenvalue weighted by atomic mass is 10.0. The van der Waals surface area contributed by atoms with E-state index in [1.54, 1.807) is 0 Å². The van der Waals surface area contributed by atoms with Crippen molar-refractivity contribution in [2.45, 2.75) is 168 Å². The molecule has 0 radical (unpaired) electrons. The van der Waals surface area contributed by atoms with E-state index < -0.39 is 0 Å². The Balaban J connectivity index is 3.12. The van der Waals surface area contributed by atoms with Crippen LogP contribution >= 0.6 is 21.6 Å². The van der Waals surface area contributed by atoms with Crippen molar-refractivity contribution in [2.24, 2.45) is 0 Å². The molecule has 30 heavy (non-hydrogen) atoms. The first kappa shape index (κ1) is 30.7. The van der Waals surface area contributed by atoms with E-state index in [2.05, 4.69) is 13.8 Å². The number of thiol groups is 2. The van der Waals surface area contributed by atoms with Gasteiger partial charge < -0.3 is 0 Å². The Kier molecular flexibility index (Phi) is 28.4. The molecule has 0 nitrogen and oxygen atoms in total. The normalized spacial score (nSPS) is 13.1. The maximum atomic E-state index is 4.90. The second-order valence-corrected chi connectivity index (χ2v) is 13.3. The van der Waals surface area contributed by atoms with Crippen LogP contribution in [-0.4, -0.2) is 11.5 Å². The Morgan fingerprint density at radius 1 is 0.333 bits per heavy atom. The number of unbranched alkanes of at least 4 members (excludes halogenated alkanes) is 22. The van der Waals surface area contributed by atoms with Gasteiger partial charge in [-0.05, 0) is 24.3 Å². The Hall–Kier alpha value is 0.700. The van der Waals surface area contributed by atoms with Crippen molar-refractivity contribution in [2.75, 3.05) is 11.5 Å². The van der Waals surface area contributed by atoms with Crippen molar-refractivity contribution in [1.29, 1.82) is 0 Å². The van der Waals surface area contributed by atoms with Crippen LogP contribution in [-0.2, 0) is 0 Å². The lowest BCUT2D eigenvalue weighted by molar-refractivity contribution is 0.538. The molecule has 0 spiro atoms. The third-order valence-electron chi connectivity index (χ3n) is 6.54. The van der Waals surface area contributed by atoms with Crippen molar-refractivity contribution < 1.29 is 0 Å². The molecule has 0 N–H and O–H groups in total. The predicted octanol–water partition coefficient (Wildman–Crippen LogP) is 11.2. The van der Waals surface area contributed by atoms with Gasteiger partial charge >= 0.3 is 0 Å². The van der Waals surface area contributed by atoms with E-state index in [0.29, 0.717) is 0 Å². The van der Waals surface area contributed by atoms with Crippen LogP contribution in [0.1, 0.15) is 168 Å². The fraction of sp³-hybridized carbons (Fsp3) is 1.00. The monoisotopic (exact) mass is 460 g/mol. The fourth-order valence-corrected chi connectivity index (χ4v) is 6.63. The highest BCUT2D eigenvalue weighted by atomic mass is 33.1. The van der Waals surface area contributed by atoms with E-state index in [4.69, 9.17) is 11.7 Å². The summed E-state index contributed by atoms with van der Waals surface area (Å²) in [5.74, 6) is 2.82. The molecule has 1 unspecified atom stereocenters. The highest BCUT2D eigenvalue weighted by molar-refractivity contribution is 8.78. The molecule has 0 aromatic heterocycles. The standard InChI is InChI=1S/C28H60S2/c1-3-5-7-9-11-13-15-16-17-18-20-22-24-26-28-30(29)27-25-23-21-19-14-12-10-8-6-4-2/h29-30H,3-28H2,1-2H3. The zero-order valence-corrected chi connectivity index (χ0v) is 23.1. The molecule has 0 fully saturated rings. The van der Waals surface area contributed by atoms with Crippen molar-refractivity contribution >= 4 is 21.6 Å². The van der Waals surface area contributed by atoms with Gasteiger partial charge in [0.25, 0.3) is 0 Å². The average molecular weight is 461 g/mol. The SMILES string of the molecule is CCCCCCCCCCCCCCCC[SH](S)CCCCCCCCCCCC. The third-order valence-corrected chi connectivity index (χ3v) is 9.40. The van der Waals surface area contributed by atoms with Crippen molar-refractivity contribution in [3.63, 3.8) is 0 Å². The molecule has 0 rings (SSSR count). The minimum absolute atomic E-state index is 0.0388. The molecule has 0 heterocycles. The van der Waals surface area contributed by atoms with Gasteiger partial charge in [-0.2, -0.15) is 0 Å². The summed E-state index contributed by atoms with van der Waals surface area (Å²) in [5, 5.41) is 0. The molecule has 1 atom stereocenters. The third kappa shape index (κ3) is 26.7. The van der Waals surface area contributed by atoms with Crippen LogP contribution in [0.2, 0.25) is 0 Å². The largest absolute Gasteiger partial charge is 0.208 e. The van der Waals surface area contributed by atoms with Gasteiger partial charge in [0, 0.05) is 0 Å². The molecule has 184 valence electrons. The molecule has 0 aromatic rings. The summed E-state index contributed by atoms with van der Waals surface area (Å²) in [6.07, 6.45) is 34.9. The van der Waals surface area contributed by atoms with Crippen LogP contribution in [0.15, 0.2) is 0 Å². The molecule has 0 saturated carbocycles. The summed E-state index contributed by atoms with van der Waals surface area (Å²) in [6.45, 7) is 4.60. The maximum Gasteiger partial charge on any atom is -0.0170 e. The Labute approximate surface area is 200 Å². The van der Waals surface area contributed by atoms with Gasteiger partial charge in [0.05, 0.1) is 0 Å². The lowest BCUT2D eigenvalue weighted by Gasteiger charge is -2.14. The second-order valence-electron chi connectivity index (χ2n) is 9.73. The smallest absolute Gasteiger partial charge is 0.0170 e. The van der Waals surface area contributed by atoms with Gasteiger partial charge in [0.2, 0.25) is 0 Å². The summed E-state index contributed by atoms with van der Waals surface area (Å²) in [6, 6.07) is 0. The Bertz CT molecular complexity index is 292. The van der Waals surface area contributed by atoms with Crippen LogP contribution in [0.25, 0.3) is 0 Å². The Morgan fingerprint density at radius 2 is 0.533 bits per heavy atom. The molecule has 0 amide bonds. The average Bonchev–Trinajstić information content (AvgIpc) is 2.75. The van der Waals surface area contributed by atoms with Crippen LogP contribution < -0.4 is 0 Å². The van der Waals surface area contributed by atoms with E-state index in [1.165, 1.54) is 166 Å². The zero-order valence-electron chi connectivity index (χ0n) is 21.3. The van der Waals surface area contributed by atoms with E-state index in [0.717, 1.165) is 0 Å². The maximum absolute atomic E-state index is 4.90. The first-order valence-corrected chi connectivity index (χ1v) is 17.1. The molecule has 0 aromatic carbocycles. The summed E-state index contributed by atoms with van der Waals surface area (Å²) in [5.41, 5.74) is 0. The molecule has 0 aliphatic heterocycles. The van der Waals surface area contributed by atoms with Gasteiger partial charge in [0.1, 0.15) is 0 Å². The summed E-state index contributed by atoms with van der Waals surface area (Å²) in [4.78, 5) is 0. The topological polar surface area (TPSA) is 0 Å². The number of hydrogen-bond acceptors (Lipinski definition) is 1. The molecule has 2 heteroatoms. The van der Waals surface area contributed by atoms with Gasteiger partial charge in [-0.25, -0.2) is 9.93 Å². The molecular weight excluding hydrogens is 400 g/mol. The van der Waals surface area contributed by atoms with Crippen LogP contribution in [0.3, 0.4) is 0 Å². The quantitative estimate of drug-likeness (QED) is 0.0715. The molecule has 0 aliphatic rings. The van der Waals surface area contributed by atoms with E-state index in [-0.39, 0.29) is 9.93 Å². The summed E-state index contributed by atoms with van der Waals surface area (Å²) < 4.78 is 0. The van der Waals surface area contributed by atoms with E-state index in [1.807, 2.05) is 0 Å². The molecule has 0 saturated heterocycles. The molecule has 0 aliphatic carbocycles. The number of hydrogen-bond donors (Lipinski definition) is 2. The van der Waals surface area contributed by atoms with Crippen molar-refractivity contribution in [3.05, 3.63) is 0 Å². The van der Waals surface area contributed by atoms with E-state index in [9.17, 15) is 0 Å². The van der Waals surface area contributed by atoms with Gasteiger partial charge in [-0.1, -0.05) is 155 Å². The van der Waals surface area contributed by atoms with Crippen LogP contribution in [0.5, 0.6) is 0 Å². The van der Waals surface area contributed by atoms with Crippen LogP contribution in [0, 0.1) is 0 Å². The van der Waals surface area contributed by atoms with E-state index >= 15 is 0 Å². The minimum atomic E-state index is 0.0388. The summed E-state index contributed by atoms with van der Waals surface area (Å²) >= 11 is 4.90. The zero-order chi connectivity index (χ0) is 22.0. The predicted molar refractivity (Wildman–Crippen MR) is 150 cm³/mol. The van der Waals surface area contributed by atoms with Gasteiger partial charge in [-0.3, -0.25) is 0 Å². The second kappa shape index (κ2) is 27.7. The first-order chi connectivity index (χ1) is 14.8. The highest BCUT2D eigenvalue weighted by Gasteiger charge is 2.00. The molecule has 0 bridgehead atoms. The fourth-order valence-electron chi connectivity index (χ4n) is 4.38. The van der Waals surface area contributed by atoms with Crippen LogP contribution in [0.4, 0.5) is 0 Å². The van der Waals surface area contributed by atoms with Crippen molar-refractivity contribution in [1.82, 2.24) is 0 Å². The first-order valence-electron chi connectivity index (χ1n) is 14.2.